The number of carbonyl (C=O) groups excluding carboxylic acids is 1. The maximum atomic E-state index is 12.7. The third-order valence-corrected chi connectivity index (χ3v) is 6.96. The first-order chi connectivity index (χ1) is 13.1. The number of amides is 1. The molecule has 1 amide bonds. The standard InChI is InChI=1S/C19H22N4O3S2/c1-10(2)23-28(25,26)15-8-6-14(7-9-15)22-18(24)17-11(3)16-12(4)20-13(5)21-19(16)27-17/h6-10,23H,1-5H3,(H,22,24). The minimum Gasteiger partial charge on any atom is -0.321 e. The molecule has 7 nitrogen and oxygen atoms in total. The number of thiophene rings is 1. The van der Waals surface area contributed by atoms with Crippen LogP contribution in [-0.2, 0) is 10.0 Å². The molecule has 1 aromatic carbocycles. The topological polar surface area (TPSA) is 101 Å². The molecule has 3 aromatic rings. The van der Waals surface area contributed by atoms with Gasteiger partial charge in [0, 0.05) is 22.8 Å². The number of nitrogens with zero attached hydrogens (tertiary/aromatic N) is 2. The highest BCUT2D eigenvalue weighted by Crippen LogP contribution is 2.31. The molecule has 28 heavy (non-hydrogen) atoms. The second-order valence-electron chi connectivity index (χ2n) is 6.85. The molecular formula is C19H22N4O3S2. The smallest absolute Gasteiger partial charge is 0.266 e. The van der Waals surface area contributed by atoms with Gasteiger partial charge in [0.15, 0.2) is 0 Å². The Hall–Kier alpha value is -2.36. The van der Waals surface area contributed by atoms with E-state index in [-0.39, 0.29) is 16.8 Å². The molecule has 0 spiro atoms. The molecular weight excluding hydrogens is 396 g/mol. The van der Waals surface area contributed by atoms with Crippen LogP contribution in [-0.4, -0.2) is 30.3 Å². The fraction of sp³-hybridized carbons (Fsp3) is 0.316. The quantitative estimate of drug-likeness (QED) is 0.660. The van der Waals surface area contributed by atoms with Gasteiger partial charge in [0.2, 0.25) is 10.0 Å². The van der Waals surface area contributed by atoms with Gasteiger partial charge in [-0.25, -0.2) is 23.1 Å². The van der Waals surface area contributed by atoms with E-state index >= 15 is 0 Å². The van der Waals surface area contributed by atoms with Crippen LogP contribution in [0.3, 0.4) is 0 Å². The highest BCUT2D eigenvalue weighted by atomic mass is 32.2. The first-order valence-corrected chi connectivity index (χ1v) is 11.1. The molecule has 148 valence electrons. The summed E-state index contributed by atoms with van der Waals surface area (Å²) in [7, 11) is -3.57. The van der Waals surface area contributed by atoms with Crippen molar-refractivity contribution in [1.82, 2.24) is 14.7 Å². The predicted octanol–water partition coefficient (Wildman–Crippen LogP) is 3.56. The fourth-order valence-electron chi connectivity index (χ4n) is 2.97. The van der Waals surface area contributed by atoms with Crippen molar-refractivity contribution in [3.05, 3.63) is 46.2 Å². The van der Waals surface area contributed by atoms with Gasteiger partial charge >= 0.3 is 0 Å². The maximum absolute atomic E-state index is 12.7. The van der Waals surface area contributed by atoms with Gasteiger partial charge in [-0.3, -0.25) is 4.79 Å². The highest BCUT2D eigenvalue weighted by molar-refractivity contribution is 7.89. The van der Waals surface area contributed by atoms with Crippen LogP contribution in [0, 0.1) is 20.8 Å². The third-order valence-electron chi connectivity index (χ3n) is 4.10. The molecule has 0 unspecified atom stereocenters. The van der Waals surface area contributed by atoms with Gasteiger partial charge in [0.05, 0.1) is 9.77 Å². The van der Waals surface area contributed by atoms with E-state index in [0.29, 0.717) is 16.4 Å². The first kappa shape index (κ1) is 20.4. The summed E-state index contributed by atoms with van der Waals surface area (Å²) in [4.78, 5) is 23.0. The van der Waals surface area contributed by atoms with E-state index in [1.54, 1.807) is 26.0 Å². The monoisotopic (exact) mass is 418 g/mol. The number of sulfonamides is 1. The lowest BCUT2D eigenvalue weighted by Gasteiger charge is -2.10. The van der Waals surface area contributed by atoms with E-state index in [0.717, 1.165) is 21.5 Å². The number of rotatable bonds is 5. The number of nitrogens with one attached hydrogen (secondary N) is 2. The summed E-state index contributed by atoms with van der Waals surface area (Å²) in [6.45, 7) is 9.13. The number of anilines is 1. The lowest BCUT2D eigenvalue weighted by molar-refractivity contribution is 0.103. The van der Waals surface area contributed by atoms with Crippen LogP contribution < -0.4 is 10.0 Å². The maximum Gasteiger partial charge on any atom is 0.266 e. The highest BCUT2D eigenvalue weighted by Gasteiger charge is 2.19. The molecule has 9 heteroatoms. The Morgan fingerprint density at radius 2 is 1.71 bits per heavy atom. The predicted molar refractivity (Wildman–Crippen MR) is 111 cm³/mol. The third kappa shape index (κ3) is 4.06. The molecule has 2 N–H and O–H groups in total. The Bertz CT molecular complexity index is 1150. The normalized spacial score (nSPS) is 11.9. The Morgan fingerprint density at radius 3 is 2.32 bits per heavy atom. The number of aromatic nitrogens is 2. The van der Waals surface area contributed by atoms with Crippen molar-refractivity contribution in [2.24, 2.45) is 0 Å². The number of benzene rings is 1. The van der Waals surface area contributed by atoms with Crippen molar-refractivity contribution in [3.8, 4) is 0 Å². The van der Waals surface area contributed by atoms with Crippen LogP contribution in [0.4, 0.5) is 5.69 Å². The SMILES string of the molecule is Cc1nc(C)c2c(C)c(C(=O)Nc3ccc(S(=O)(=O)NC(C)C)cc3)sc2n1. The summed E-state index contributed by atoms with van der Waals surface area (Å²) in [5, 5.41) is 3.73. The van der Waals surface area contributed by atoms with Crippen molar-refractivity contribution < 1.29 is 13.2 Å². The fourth-order valence-corrected chi connectivity index (χ4v) is 5.40. The zero-order valence-electron chi connectivity index (χ0n) is 16.3. The Morgan fingerprint density at radius 1 is 1.07 bits per heavy atom. The average molecular weight is 419 g/mol. The number of fused-ring (bicyclic) bond motifs is 1. The van der Waals surface area contributed by atoms with E-state index in [9.17, 15) is 13.2 Å². The van der Waals surface area contributed by atoms with Gasteiger partial charge in [-0.05, 0) is 64.4 Å². The van der Waals surface area contributed by atoms with E-state index in [1.807, 2.05) is 20.8 Å². The van der Waals surface area contributed by atoms with Crippen LogP contribution in [0.15, 0.2) is 29.2 Å². The zero-order chi connectivity index (χ0) is 20.6. The van der Waals surface area contributed by atoms with Crippen molar-refractivity contribution in [1.29, 1.82) is 0 Å². The second kappa shape index (κ2) is 7.57. The lowest BCUT2D eigenvalue weighted by Crippen LogP contribution is -2.30. The summed E-state index contributed by atoms with van der Waals surface area (Å²) in [6, 6.07) is 5.89. The first-order valence-electron chi connectivity index (χ1n) is 8.76. The van der Waals surface area contributed by atoms with Crippen molar-refractivity contribution in [3.63, 3.8) is 0 Å². The van der Waals surface area contributed by atoms with E-state index in [4.69, 9.17) is 0 Å². The number of hydrogen-bond donors (Lipinski definition) is 2. The van der Waals surface area contributed by atoms with Gasteiger partial charge in [0.1, 0.15) is 10.7 Å². The molecule has 0 radical (unpaired) electrons. The Kier molecular flexibility index (Phi) is 5.51. The van der Waals surface area contributed by atoms with Crippen LogP contribution in [0.2, 0.25) is 0 Å². The number of aryl methyl sites for hydroxylation is 3. The summed E-state index contributed by atoms with van der Waals surface area (Å²) >= 11 is 1.32. The molecule has 0 atom stereocenters. The van der Waals surface area contributed by atoms with Crippen LogP contribution >= 0.6 is 11.3 Å². The van der Waals surface area contributed by atoms with Gasteiger partial charge in [-0.1, -0.05) is 0 Å². The molecule has 0 aliphatic rings. The Balaban J connectivity index is 1.85. The molecule has 3 rings (SSSR count). The minimum atomic E-state index is -3.57. The number of carbonyl (C=O) groups is 1. The molecule has 0 bridgehead atoms. The summed E-state index contributed by atoms with van der Waals surface area (Å²) in [6.07, 6.45) is 0. The van der Waals surface area contributed by atoms with Crippen LogP contribution in [0.25, 0.3) is 10.2 Å². The molecule has 0 saturated heterocycles. The minimum absolute atomic E-state index is 0.151. The van der Waals surface area contributed by atoms with Crippen molar-refractivity contribution in [2.45, 2.75) is 45.6 Å². The molecule has 0 aliphatic heterocycles. The lowest BCUT2D eigenvalue weighted by atomic mass is 10.1. The molecule has 2 aromatic heterocycles. The van der Waals surface area contributed by atoms with Gasteiger partial charge in [-0.2, -0.15) is 0 Å². The van der Waals surface area contributed by atoms with Crippen LogP contribution in [0.1, 0.15) is 40.6 Å². The molecule has 0 aliphatic carbocycles. The summed E-state index contributed by atoms with van der Waals surface area (Å²) in [5.41, 5.74) is 2.21. The molecule has 0 saturated carbocycles. The van der Waals surface area contributed by atoms with Crippen LogP contribution in [0.5, 0.6) is 0 Å². The average Bonchev–Trinajstić information content (AvgIpc) is 2.91. The molecule has 2 heterocycles. The van der Waals surface area contributed by atoms with Gasteiger partial charge in [0.25, 0.3) is 5.91 Å². The number of hydrogen-bond acceptors (Lipinski definition) is 6. The van der Waals surface area contributed by atoms with Gasteiger partial charge < -0.3 is 5.32 Å². The Labute approximate surface area is 168 Å². The van der Waals surface area contributed by atoms with Crippen molar-refractivity contribution in [2.75, 3.05) is 5.32 Å². The van der Waals surface area contributed by atoms with E-state index < -0.39 is 10.0 Å². The van der Waals surface area contributed by atoms with E-state index in [2.05, 4.69) is 20.0 Å². The second-order valence-corrected chi connectivity index (χ2v) is 9.56. The van der Waals surface area contributed by atoms with E-state index in [1.165, 1.54) is 23.5 Å². The summed E-state index contributed by atoms with van der Waals surface area (Å²) in [5.74, 6) is 0.415. The largest absolute Gasteiger partial charge is 0.321 e. The van der Waals surface area contributed by atoms with Crippen molar-refractivity contribution >= 4 is 43.2 Å². The molecule has 0 fully saturated rings. The zero-order valence-corrected chi connectivity index (χ0v) is 18.0. The summed E-state index contributed by atoms with van der Waals surface area (Å²) < 4.78 is 26.9. The van der Waals surface area contributed by atoms with Gasteiger partial charge in [-0.15, -0.1) is 11.3 Å².